The predicted molar refractivity (Wildman–Crippen MR) is 335 cm³/mol. The lowest BCUT2D eigenvalue weighted by Gasteiger charge is -2.11. The van der Waals surface area contributed by atoms with E-state index in [9.17, 15) is 29.1 Å². The number of anilines is 1. The molecule has 0 atom stereocenters. The first kappa shape index (κ1) is 60.4. The second kappa shape index (κ2) is 25.5. The van der Waals surface area contributed by atoms with Gasteiger partial charge in [-0.15, -0.1) is 0 Å². The SMILES string of the molecule is C.COC(=O)c1nn(Cc2ccc3ncc(Cl)cc3c2)c2ccnc(Cl)c12.Cc1cc(N)nc(C)c1CNC(=O)c1nn(Cc2ccc3ncc(Cl)cc3c2)c2c1C(=O)CC=C2.O=C(O)c1nn(Cc2ccc3ncc(Cl)cc3c2)c2c1C(=O)CC=C2. The highest BCUT2D eigenvalue weighted by Crippen LogP contribution is 2.30. The number of carbonyl (C=O) groups is 5. The van der Waals surface area contributed by atoms with Crippen molar-refractivity contribution in [2.24, 2.45) is 0 Å². The van der Waals surface area contributed by atoms with E-state index in [0.717, 1.165) is 66.2 Å². The molecule has 0 bridgehead atoms. The first-order chi connectivity index (χ1) is 41.4. The zero-order valence-electron chi connectivity index (χ0n) is 45.8. The summed E-state index contributed by atoms with van der Waals surface area (Å²) in [6, 6.07) is 26.5. The summed E-state index contributed by atoms with van der Waals surface area (Å²) in [6.45, 7) is 5.20. The molecule has 8 heterocycles. The highest BCUT2D eigenvalue weighted by molar-refractivity contribution is 6.35. The monoisotopic (exact) mass is 1240 g/mol. The van der Waals surface area contributed by atoms with Crippen LogP contribution in [0.1, 0.15) is 117 Å². The number of carboxylic acid groups (broad SMARTS) is 1. The van der Waals surface area contributed by atoms with Crippen molar-refractivity contribution in [3.05, 3.63) is 215 Å². The summed E-state index contributed by atoms with van der Waals surface area (Å²) in [4.78, 5) is 82.7. The number of halogens is 4. The fourth-order valence-electron chi connectivity index (χ4n) is 10.3. The Morgan fingerprint density at radius 2 is 1.10 bits per heavy atom. The van der Waals surface area contributed by atoms with Crippen LogP contribution >= 0.6 is 46.4 Å². The lowest BCUT2D eigenvalue weighted by Crippen LogP contribution is -2.26. The standard InChI is InChI=1S/C26H23ClN6O2.C18H12Cl2N4O2.C18H12ClN3O3.CH4/c1-14-8-23(28)31-15(2)19(14)12-30-26(35)25-24-21(4-3-5-22(24)34)33(32-25)13-16-6-7-20-17(9-16)10-18(27)11-29-20;1-26-18(25)16-15-14(4-5-21-17(15)20)24(23-16)9-10-2-3-13-11(6-10)7-12(19)8-22-13;19-12-7-11-6-10(4-5-13(11)20-8-12)9-22-14-2-1-3-15(23)16(14)17(21-22)18(24)25;/h3-4,6-11H,5,12-13H2,1-2H3,(H2,28,31)(H,30,35);2-8H,9H2,1H3;1-2,4-8H,3,9H2,(H,24,25);1H4. The number of Topliss-reactive ketones (excluding diaryl/α,β-unsaturated/α-hetero) is 2. The minimum absolute atomic E-state index is 0. The fourth-order valence-corrected chi connectivity index (χ4v) is 11.0. The number of hydrogen-bond donors (Lipinski definition) is 3. The predicted octanol–water partition coefficient (Wildman–Crippen LogP) is 12.4. The molecular formula is C63H51Cl4N13O7. The smallest absolute Gasteiger partial charge is 0.359 e. The quantitative estimate of drug-likeness (QED) is 0.0802. The average Bonchev–Trinajstić information content (AvgIpc) is 2.25. The Balaban J connectivity index is 0.000000146. The summed E-state index contributed by atoms with van der Waals surface area (Å²) in [7, 11) is 1.30. The van der Waals surface area contributed by atoms with Crippen molar-refractivity contribution < 1.29 is 33.8 Å². The van der Waals surface area contributed by atoms with Gasteiger partial charge >= 0.3 is 11.9 Å². The fraction of sp³-hybridized carbons (Fsp3) is 0.159. The number of nitrogens with zero attached hydrogens (tertiary/aromatic N) is 11. The number of rotatable bonds is 11. The normalized spacial score (nSPS) is 12.3. The number of methoxy groups -OCH3 is 1. The maximum Gasteiger partial charge on any atom is 0.359 e. The van der Waals surface area contributed by atoms with Gasteiger partial charge in [0.25, 0.3) is 5.91 Å². The van der Waals surface area contributed by atoms with Gasteiger partial charge in [0.1, 0.15) is 11.0 Å². The van der Waals surface area contributed by atoms with Crippen molar-refractivity contribution in [1.82, 2.24) is 59.6 Å². The molecule has 13 rings (SSSR count). The van der Waals surface area contributed by atoms with E-state index in [1.54, 1.807) is 69.2 Å². The number of fused-ring (bicyclic) bond motifs is 6. The zero-order valence-corrected chi connectivity index (χ0v) is 48.9. The van der Waals surface area contributed by atoms with E-state index in [1.165, 1.54) is 7.11 Å². The summed E-state index contributed by atoms with van der Waals surface area (Å²) < 4.78 is 9.75. The Hall–Kier alpha value is -9.73. The second-order valence-corrected chi connectivity index (χ2v) is 21.7. The van der Waals surface area contributed by atoms with Crippen LogP contribution in [0.4, 0.5) is 5.82 Å². The molecule has 0 fully saturated rings. The summed E-state index contributed by atoms with van der Waals surface area (Å²) in [5.41, 5.74) is 16.2. The molecular weight excluding hydrogens is 1190 g/mol. The van der Waals surface area contributed by atoms with Gasteiger partial charge in [0.2, 0.25) is 0 Å². The number of hydrogen-bond acceptors (Lipinski definition) is 15. The number of aromatic nitrogens is 11. The van der Waals surface area contributed by atoms with Crippen LogP contribution in [0.3, 0.4) is 0 Å². The molecule has 0 saturated carbocycles. The van der Waals surface area contributed by atoms with Crippen LogP contribution in [0, 0.1) is 13.8 Å². The number of ether oxygens (including phenoxy) is 1. The van der Waals surface area contributed by atoms with E-state index in [2.05, 4.69) is 45.5 Å². The summed E-state index contributed by atoms with van der Waals surface area (Å²) in [5, 5.41) is 30.4. The van der Waals surface area contributed by atoms with Crippen molar-refractivity contribution in [2.75, 3.05) is 12.8 Å². The van der Waals surface area contributed by atoms with Crippen molar-refractivity contribution >= 4 is 137 Å². The van der Waals surface area contributed by atoms with Gasteiger partial charge in [-0.25, -0.2) is 19.6 Å². The molecule has 87 heavy (non-hydrogen) atoms. The van der Waals surface area contributed by atoms with Crippen molar-refractivity contribution in [3.63, 3.8) is 0 Å². The third kappa shape index (κ3) is 12.8. The average molecular weight is 1240 g/mol. The number of benzene rings is 3. The minimum Gasteiger partial charge on any atom is -0.476 e. The molecule has 438 valence electrons. The topological polar surface area (TPSA) is 271 Å². The van der Waals surface area contributed by atoms with Crippen molar-refractivity contribution in [3.8, 4) is 0 Å². The number of nitrogens with two attached hydrogens (primary N) is 1. The van der Waals surface area contributed by atoms with Crippen LogP contribution in [0.25, 0.3) is 55.8 Å². The Morgan fingerprint density at radius 3 is 1.59 bits per heavy atom. The van der Waals surface area contributed by atoms with Crippen LogP contribution in [0.5, 0.6) is 0 Å². The first-order valence-electron chi connectivity index (χ1n) is 26.5. The van der Waals surface area contributed by atoms with E-state index in [0.29, 0.717) is 68.4 Å². The number of aryl methyl sites for hydroxylation is 2. The molecule has 2 aliphatic rings. The number of pyridine rings is 5. The van der Waals surface area contributed by atoms with Gasteiger partial charge in [-0.2, -0.15) is 15.3 Å². The Labute approximate surface area is 516 Å². The van der Waals surface area contributed by atoms with Gasteiger partial charge in [0.05, 0.1) is 91.8 Å². The molecule has 0 saturated heterocycles. The Morgan fingerprint density at radius 1 is 0.632 bits per heavy atom. The van der Waals surface area contributed by atoms with E-state index >= 15 is 0 Å². The van der Waals surface area contributed by atoms with E-state index in [-0.39, 0.29) is 66.2 Å². The molecule has 4 N–H and O–H groups in total. The highest BCUT2D eigenvalue weighted by Gasteiger charge is 2.30. The third-order valence-corrected chi connectivity index (χ3v) is 15.2. The second-order valence-electron chi connectivity index (χ2n) is 20.0. The van der Waals surface area contributed by atoms with Gasteiger partial charge < -0.3 is 20.9 Å². The van der Waals surface area contributed by atoms with Crippen LogP contribution in [0.2, 0.25) is 20.2 Å². The van der Waals surface area contributed by atoms with Gasteiger partial charge in [-0.1, -0.05) is 84.2 Å². The Bertz CT molecular complexity index is 4660. The molecule has 0 spiro atoms. The summed E-state index contributed by atoms with van der Waals surface area (Å²) >= 11 is 24.3. The van der Waals surface area contributed by atoms with E-state index in [4.69, 9.17) is 56.9 Å². The number of amides is 1. The van der Waals surface area contributed by atoms with Crippen molar-refractivity contribution in [2.45, 2.75) is 60.3 Å². The maximum atomic E-state index is 13.2. The van der Waals surface area contributed by atoms with Crippen molar-refractivity contribution in [1.29, 1.82) is 0 Å². The molecule has 0 aliphatic heterocycles. The first-order valence-corrected chi connectivity index (χ1v) is 28.0. The number of carboxylic acids is 1. The lowest BCUT2D eigenvalue weighted by molar-refractivity contribution is 0.0593. The molecule has 0 unspecified atom stereocenters. The number of aromatic carboxylic acids is 1. The van der Waals surface area contributed by atoms with Gasteiger partial charge in [0.15, 0.2) is 28.6 Å². The summed E-state index contributed by atoms with van der Waals surface area (Å²) in [6.07, 6.45) is 13.9. The number of carbonyl (C=O) groups excluding carboxylic acids is 4. The highest BCUT2D eigenvalue weighted by atomic mass is 35.5. The van der Waals surface area contributed by atoms with E-state index < -0.39 is 17.8 Å². The maximum absolute atomic E-state index is 13.2. The number of nitrogens with one attached hydrogen (secondary N) is 1. The summed E-state index contributed by atoms with van der Waals surface area (Å²) in [5.74, 6) is -2.09. The number of ketones is 2. The molecule has 8 aromatic heterocycles. The Kier molecular flexibility index (Phi) is 17.7. The van der Waals surface area contributed by atoms with Gasteiger partial charge in [0, 0.05) is 66.0 Å². The molecule has 3 aromatic carbocycles. The zero-order chi connectivity index (χ0) is 60.5. The number of allylic oxidation sites excluding steroid dienone is 2. The van der Waals surface area contributed by atoms with Crippen LogP contribution in [-0.2, 0) is 30.9 Å². The molecule has 0 radical (unpaired) electrons. The minimum atomic E-state index is -1.20. The van der Waals surface area contributed by atoms with Crippen LogP contribution in [0.15, 0.2) is 122 Å². The van der Waals surface area contributed by atoms with Gasteiger partial charge in [-0.05, 0) is 121 Å². The molecule has 20 nitrogen and oxygen atoms in total. The lowest BCUT2D eigenvalue weighted by atomic mass is 9.99. The van der Waals surface area contributed by atoms with Crippen LogP contribution in [-0.4, -0.2) is 95.9 Å². The third-order valence-electron chi connectivity index (χ3n) is 14.2. The van der Waals surface area contributed by atoms with E-state index in [1.807, 2.05) is 92.7 Å². The molecule has 11 aromatic rings. The molecule has 2 aliphatic carbocycles. The van der Waals surface area contributed by atoms with Crippen LogP contribution < -0.4 is 11.1 Å². The van der Waals surface area contributed by atoms with Gasteiger partial charge in [-0.3, -0.25) is 43.4 Å². The largest absolute Gasteiger partial charge is 0.476 e. The molecule has 24 heteroatoms. The number of nitrogen functional groups attached to an aromatic ring is 1. The molecule has 1 amide bonds. The number of esters is 1.